The minimum atomic E-state index is -3.02. The zero-order chi connectivity index (χ0) is 13.8. The zero-order valence-corrected chi connectivity index (χ0v) is 12.6. The molecule has 0 aromatic rings. The Balaban J connectivity index is 2.27. The van der Waals surface area contributed by atoms with Crippen molar-refractivity contribution in [3.63, 3.8) is 0 Å². The van der Waals surface area contributed by atoms with Crippen LogP contribution >= 0.6 is 0 Å². The van der Waals surface area contributed by atoms with E-state index < -0.39 is 14.6 Å². The molecule has 0 amide bonds. The highest BCUT2D eigenvalue weighted by molar-refractivity contribution is 7.92. The first-order valence-corrected chi connectivity index (χ1v) is 8.47. The number of aliphatic hydroxyl groups excluding tert-OH is 1. The van der Waals surface area contributed by atoms with Gasteiger partial charge in [-0.15, -0.1) is 0 Å². The van der Waals surface area contributed by atoms with Crippen LogP contribution in [0, 0.1) is 11.8 Å². The van der Waals surface area contributed by atoms with Gasteiger partial charge in [0.05, 0.1) is 10.5 Å². The van der Waals surface area contributed by atoms with Crippen LogP contribution in [0.4, 0.5) is 0 Å². The summed E-state index contributed by atoms with van der Waals surface area (Å²) in [5.41, 5.74) is 0. The van der Waals surface area contributed by atoms with Crippen molar-refractivity contribution in [1.82, 2.24) is 5.32 Å². The first-order valence-electron chi connectivity index (χ1n) is 6.82. The molecular formula is C13H27NO3S. The second kappa shape index (κ2) is 6.35. The van der Waals surface area contributed by atoms with Crippen LogP contribution in [0.25, 0.3) is 0 Å². The van der Waals surface area contributed by atoms with Gasteiger partial charge in [0, 0.05) is 13.2 Å². The summed E-state index contributed by atoms with van der Waals surface area (Å²) in [5.74, 6) is 1.09. The second-order valence-electron chi connectivity index (χ2n) is 6.27. The average Bonchev–Trinajstić information content (AvgIpc) is 2.70. The summed E-state index contributed by atoms with van der Waals surface area (Å²) in [6.07, 6.45) is 3.42. The molecule has 0 aromatic heterocycles. The van der Waals surface area contributed by atoms with Crippen LogP contribution < -0.4 is 5.32 Å². The molecule has 0 saturated heterocycles. The Morgan fingerprint density at radius 1 is 1.22 bits per heavy atom. The van der Waals surface area contributed by atoms with E-state index in [4.69, 9.17) is 0 Å². The lowest BCUT2D eigenvalue weighted by atomic mass is 9.97. The van der Waals surface area contributed by atoms with Gasteiger partial charge < -0.3 is 10.4 Å². The zero-order valence-electron chi connectivity index (χ0n) is 11.8. The third kappa shape index (κ3) is 4.21. The van der Waals surface area contributed by atoms with Crippen LogP contribution in [0.1, 0.15) is 40.0 Å². The van der Waals surface area contributed by atoms with Gasteiger partial charge >= 0.3 is 0 Å². The van der Waals surface area contributed by atoms with Gasteiger partial charge in [0.25, 0.3) is 0 Å². The molecule has 2 N–H and O–H groups in total. The second-order valence-corrected chi connectivity index (χ2v) is 9.13. The molecule has 0 heterocycles. The van der Waals surface area contributed by atoms with Gasteiger partial charge in [-0.05, 0) is 52.0 Å². The van der Waals surface area contributed by atoms with Gasteiger partial charge in [-0.2, -0.15) is 0 Å². The van der Waals surface area contributed by atoms with Crippen molar-refractivity contribution >= 4 is 9.84 Å². The van der Waals surface area contributed by atoms with Crippen molar-refractivity contribution in [3.8, 4) is 0 Å². The van der Waals surface area contributed by atoms with Gasteiger partial charge in [0.15, 0.2) is 9.84 Å². The first-order chi connectivity index (χ1) is 8.28. The Morgan fingerprint density at radius 3 is 2.39 bits per heavy atom. The molecule has 4 nitrogen and oxygen atoms in total. The third-order valence-corrected chi connectivity index (χ3v) is 6.55. The summed E-state index contributed by atoms with van der Waals surface area (Å²) >= 11 is 0. The number of hydrogen-bond acceptors (Lipinski definition) is 4. The maximum absolute atomic E-state index is 11.9. The fourth-order valence-electron chi connectivity index (χ4n) is 2.42. The number of aliphatic hydroxyl groups is 1. The highest BCUT2D eigenvalue weighted by Crippen LogP contribution is 2.30. The minimum absolute atomic E-state index is 0.188. The van der Waals surface area contributed by atoms with E-state index >= 15 is 0 Å². The molecule has 0 bridgehead atoms. The lowest BCUT2D eigenvalue weighted by molar-refractivity contribution is 0.193. The van der Waals surface area contributed by atoms with Gasteiger partial charge in [-0.3, -0.25) is 0 Å². The number of nitrogens with one attached hydrogen (secondary N) is 1. The van der Waals surface area contributed by atoms with Crippen molar-refractivity contribution in [2.75, 3.05) is 25.4 Å². The Labute approximate surface area is 111 Å². The van der Waals surface area contributed by atoms with Crippen molar-refractivity contribution in [1.29, 1.82) is 0 Å². The predicted octanol–water partition coefficient (Wildman–Crippen LogP) is 1.20. The molecule has 0 spiro atoms. The van der Waals surface area contributed by atoms with E-state index in [9.17, 15) is 13.5 Å². The molecule has 2 atom stereocenters. The Bertz CT molecular complexity index is 346. The van der Waals surface area contributed by atoms with Crippen LogP contribution in [0.15, 0.2) is 0 Å². The van der Waals surface area contributed by atoms with Gasteiger partial charge in [-0.1, -0.05) is 6.42 Å². The standard InChI is InChI=1S/C13H27NO3S/c1-13(2,3)18(16,17)8-7-14-9-11-5-4-6-12(11)10-15/h11-12,14-15H,4-10H2,1-3H3. The molecule has 1 aliphatic carbocycles. The quantitative estimate of drug-likeness (QED) is 0.716. The SMILES string of the molecule is CC(C)(C)S(=O)(=O)CCNCC1CCCC1CO. The first kappa shape index (κ1) is 15.9. The minimum Gasteiger partial charge on any atom is -0.396 e. The number of hydrogen-bond donors (Lipinski definition) is 2. The van der Waals surface area contributed by atoms with Crippen LogP contribution in [-0.2, 0) is 9.84 Å². The van der Waals surface area contributed by atoms with E-state index in [1.165, 1.54) is 6.42 Å². The maximum Gasteiger partial charge on any atom is 0.156 e. The normalized spacial score (nSPS) is 25.6. The molecule has 1 fully saturated rings. The fourth-order valence-corrected chi connectivity index (χ4v) is 3.45. The molecule has 5 heteroatoms. The lowest BCUT2D eigenvalue weighted by Crippen LogP contribution is -2.36. The average molecular weight is 277 g/mol. The smallest absolute Gasteiger partial charge is 0.156 e. The van der Waals surface area contributed by atoms with Crippen LogP contribution in [0.2, 0.25) is 0 Å². The van der Waals surface area contributed by atoms with E-state index in [-0.39, 0.29) is 12.4 Å². The molecule has 1 aliphatic rings. The number of rotatable bonds is 6. The van der Waals surface area contributed by atoms with Gasteiger partial charge in [-0.25, -0.2) is 8.42 Å². The molecule has 1 saturated carbocycles. The van der Waals surface area contributed by atoms with Crippen molar-refractivity contribution in [3.05, 3.63) is 0 Å². The summed E-state index contributed by atoms with van der Waals surface area (Å²) in [4.78, 5) is 0. The van der Waals surface area contributed by atoms with Crippen LogP contribution in [0.3, 0.4) is 0 Å². The summed E-state index contributed by atoms with van der Waals surface area (Å²) in [6, 6.07) is 0. The van der Waals surface area contributed by atoms with Crippen molar-refractivity contribution in [2.45, 2.75) is 44.8 Å². The monoisotopic (exact) mass is 277 g/mol. The summed E-state index contributed by atoms with van der Waals surface area (Å²) in [7, 11) is -3.02. The highest BCUT2D eigenvalue weighted by atomic mass is 32.2. The van der Waals surface area contributed by atoms with Gasteiger partial charge in [0.1, 0.15) is 0 Å². The van der Waals surface area contributed by atoms with Crippen LogP contribution in [0.5, 0.6) is 0 Å². The highest BCUT2D eigenvalue weighted by Gasteiger charge is 2.29. The summed E-state index contributed by atoms with van der Waals surface area (Å²) < 4.78 is 23.1. The van der Waals surface area contributed by atoms with Crippen molar-refractivity contribution in [2.24, 2.45) is 11.8 Å². The largest absolute Gasteiger partial charge is 0.396 e. The summed E-state index contributed by atoms with van der Waals surface area (Å²) in [6.45, 7) is 6.80. The third-order valence-electron chi connectivity index (χ3n) is 3.94. The lowest BCUT2D eigenvalue weighted by Gasteiger charge is -2.21. The molecule has 0 aliphatic heterocycles. The molecule has 108 valence electrons. The van der Waals surface area contributed by atoms with Crippen LogP contribution in [-0.4, -0.2) is 43.7 Å². The maximum atomic E-state index is 11.9. The van der Waals surface area contributed by atoms with E-state index in [1.54, 1.807) is 20.8 Å². The summed E-state index contributed by atoms with van der Waals surface area (Å²) in [5, 5.41) is 12.4. The topological polar surface area (TPSA) is 66.4 Å². The molecule has 1 rings (SSSR count). The van der Waals surface area contributed by atoms with E-state index in [1.807, 2.05) is 0 Å². The molecule has 2 unspecified atom stereocenters. The Hall–Kier alpha value is -0.130. The molecule has 0 radical (unpaired) electrons. The van der Waals surface area contributed by atoms with E-state index in [2.05, 4.69) is 5.32 Å². The Kier molecular flexibility index (Phi) is 5.62. The molecule has 0 aromatic carbocycles. The van der Waals surface area contributed by atoms with E-state index in [0.29, 0.717) is 18.4 Å². The molecular weight excluding hydrogens is 250 g/mol. The van der Waals surface area contributed by atoms with Crippen molar-refractivity contribution < 1.29 is 13.5 Å². The predicted molar refractivity (Wildman–Crippen MR) is 74.3 cm³/mol. The van der Waals surface area contributed by atoms with E-state index in [0.717, 1.165) is 19.4 Å². The molecule has 18 heavy (non-hydrogen) atoms. The number of sulfone groups is 1. The Morgan fingerprint density at radius 2 is 1.83 bits per heavy atom. The fraction of sp³-hybridized carbons (Fsp3) is 1.00. The van der Waals surface area contributed by atoms with Gasteiger partial charge in [0.2, 0.25) is 0 Å².